The minimum absolute atomic E-state index is 0.0551. The van der Waals surface area contributed by atoms with Crippen LogP contribution in [-0.4, -0.2) is 36.6 Å². The second kappa shape index (κ2) is 9.26. The number of carbonyl (C=O) groups excluding carboxylic acids is 1. The van der Waals surface area contributed by atoms with Gasteiger partial charge < -0.3 is 10.1 Å². The Labute approximate surface area is 158 Å². The lowest BCUT2D eigenvalue weighted by atomic mass is 10.1. The third-order valence-corrected chi connectivity index (χ3v) is 5.40. The highest BCUT2D eigenvalue weighted by Gasteiger charge is 2.21. The predicted molar refractivity (Wildman–Crippen MR) is 102 cm³/mol. The van der Waals surface area contributed by atoms with Crippen LogP contribution in [0.25, 0.3) is 0 Å². The summed E-state index contributed by atoms with van der Waals surface area (Å²) < 4.78 is 19.3. The second-order valence-corrected chi connectivity index (χ2v) is 7.78. The van der Waals surface area contributed by atoms with Crippen LogP contribution in [0.1, 0.15) is 28.8 Å². The van der Waals surface area contributed by atoms with Crippen molar-refractivity contribution in [3.05, 3.63) is 57.5 Å². The number of benzene rings is 1. The average Bonchev–Trinajstić information content (AvgIpc) is 3.30. The van der Waals surface area contributed by atoms with Crippen LogP contribution in [0.4, 0.5) is 4.39 Å². The number of halogens is 1. The van der Waals surface area contributed by atoms with Gasteiger partial charge in [0.05, 0.1) is 12.6 Å². The molecule has 1 atom stereocenters. The summed E-state index contributed by atoms with van der Waals surface area (Å²) in [5.41, 5.74) is 1.38. The van der Waals surface area contributed by atoms with Crippen LogP contribution in [0.3, 0.4) is 0 Å². The van der Waals surface area contributed by atoms with Gasteiger partial charge in [-0.15, -0.1) is 11.3 Å². The van der Waals surface area contributed by atoms with Gasteiger partial charge in [-0.05, 0) is 48.4 Å². The number of amides is 1. The van der Waals surface area contributed by atoms with Gasteiger partial charge in [-0.1, -0.05) is 18.2 Å². The van der Waals surface area contributed by atoms with Crippen molar-refractivity contribution < 1.29 is 13.9 Å². The van der Waals surface area contributed by atoms with Gasteiger partial charge in [0.2, 0.25) is 5.91 Å². The van der Waals surface area contributed by atoms with Crippen LogP contribution in [0, 0.1) is 12.7 Å². The molecule has 0 bridgehead atoms. The van der Waals surface area contributed by atoms with Crippen LogP contribution in [0.2, 0.25) is 0 Å². The summed E-state index contributed by atoms with van der Waals surface area (Å²) in [5, 5.41) is 4.94. The fourth-order valence-electron chi connectivity index (χ4n) is 3.09. The van der Waals surface area contributed by atoms with Crippen molar-refractivity contribution in [1.82, 2.24) is 10.2 Å². The highest BCUT2D eigenvalue weighted by atomic mass is 32.1. The number of nitrogens with one attached hydrogen (secondary N) is 1. The van der Waals surface area contributed by atoms with Gasteiger partial charge in [-0.3, -0.25) is 9.69 Å². The van der Waals surface area contributed by atoms with Gasteiger partial charge in [0.1, 0.15) is 5.82 Å². The van der Waals surface area contributed by atoms with E-state index in [1.807, 2.05) is 17.5 Å². The molecule has 3 rings (SSSR count). The molecular weight excluding hydrogens is 351 g/mol. The summed E-state index contributed by atoms with van der Waals surface area (Å²) in [7, 11) is 0. The maximum Gasteiger partial charge on any atom is 0.234 e. The van der Waals surface area contributed by atoms with Crippen LogP contribution >= 0.6 is 11.3 Å². The van der Waals surface area contributed by atoms with Gasteiger partial charge in [-0.25, -0.2) is 4.39 Å². The lowest BCUT2D eigenvalue weighted by molar-refractivity contribution is -0.122. The number of hydrogen-bond donors (Lipinski definition) is 1. The van der Waals surface area contributed by atoms with Crippen LogP contribution in [0.15, 0.2) is 35.7 Å². The lowest BCUT2D eigenvalue weighted by Crippen LogP contribution is -2.40. The molecule has 6 heteroatoms. The largest absolute Gasteiger partial charge is 0.377 e. The zero-order valence-corrected chi connectivity index (χ0v) is 15.9. The summed E-state index contributed by atoms with van der Waals surface area (Å²) in [6.45, 7) is 4.68. The van der Waals surface area contributed by atoms with E-state index in [2.05, 4.69) is 16.3 Å². The zero-order chi connectivity index (χ0) is 18.4. The van der Waals surface area contributed by atoms with Crippen molar-refractivity contribution in [3.63, 3.8) is 0 Å². The average molecular weight is 376 g/mol. The molecule has 0 spiro atoms. The van der Waals surface area contributed by atoms with E-state index in [4.69, 9.17) is 4.74 Å². The van der Waals surface area contributed by atoms with Gasteiger partial charge >= 0.3 is 0 Å². The summed E-state index contributed by atoms with van der Waals surface area (Å²) >= 11 is 1.69. The first-order valence-corrected chi connectivity index (χ1v) is 9.86. The molecule has 1 saturated heterocycles. The molecule has 1 aliphatic rings. The predicted octanol–water partition coefficient (Wildman–Crippen LogP) is 3.49. The van der Waals surface area contributed by atoms with E-state index >= 15 is 0 Å². The van der Waals surface area contributed by atoms with E-state index in [1.165, 1.54) is 10.9 Å². The molecule has 2 heterocycles. The Balaban J connectivity index is 1.54. The topological polar surface area (TPSA) is 41.6 Å². The fourth-order valence-corrected chi connectivity index (χ4v) is 3.84. The monoisotopic (exact) mass is 376 g/mol. The Hall–Kier alpha value is -1.76. The van der Waals surface area contributed by atoms with E-state index < -0.39 is 0 Å². The lowest BCUT2D eigenvalue weighted by Gasteiger charge is -2.24. The molecule has 26 heavy (non-hydrogen) atoms. The van der Waals surface area contributed by atoms with Crippen LogP contribution < -0.4 is 5.32 Å². The molecule has 1 amide bonds. The maximum absolute atomic E-state index is 13.6. The van der Waals surface area contributed by atoms with Crippen LogP contribution in [0.5, 0.6) is 0 Å². The number of rotatable bonds is 8. The standard InChI is InChI=1S/C20H25FN2O2S/c1-15-6-7-16(10-19(15)21)11-22-20(24)14-23(12-17-4-2-8-25-17)13-18-5-3-9-26-18/h3,5-7,9-10,17H,2,4,8,11-14H2,1H3,(H,22,24). The van der Waals surface area contributed by atoms with E-state index in [9.17, 15) is 9.18 Å². The molecule has 0 radical (unpaired) electrons. The van der Waals surface area contributed by atoms with Crippen molar-refractivity contribution >= 4 is 17.2 Å². The van der Waals surface area contributed by atoms with Crippen molar-refractivity contribution in [1.29, 1.82) is 0 Å². The van der Waals surface area contributed by atoms with Crippen molar-refractivity contribution in [3.8, 4) is 0 Å². The number of aryl methyl sites for hydroxylation is 1. The Bertz CT molecular complexity index is 715. The maximum atomic E-state index is 13.6. The summed E-state index contributed by atoms with van der Waals surface area (Å²) in [6, 6.07) is 9.16. The first-order chi connectivity index (χ1) is 12.6. The molecular formula is C20H25FN2O2S. The van der Waals surface area contributed by atoms with Crippen LogP contribution in [-0.2, 0) is 22.6 Å². The van der Waals surface area contributed by atoms with Crippen molar-refractivity contribution in [2.75, 3.05) is 19.7 Å². The van der Waals surface area contributed by atoms with E-state index in [-0.39, 0.29) is 17.8 Å². The number of nitrogens with zero attached hydrogens (tertiary/aromatic N) is 1. The minimum atomic E-state index is -0.241. The molecule has 2 aromatic rings. The Morgan fingerprint density at radius 2 is 2.31 bits per heavy atom. The quantitative estimate of drug-likeness (QED) is 0.767. The molecule has 1 N–H and O–H groups in total. The smallest absolute Gasteiger partial charge is 0.234 e. The molecule has 140 valence electrons. The number of carbonyl (C=O) groups is 1. The Kier molecular flexibility index (Phi) is 6.77. The molecule has 1 unspecified atom stereocenters. The summed E-state index contributed by atoms with van der Waals surface area (Å²) in [4.78, 5) is 15.8. The second-order valence-electron chi connectivity index (χ2n) is 6.74. The molecule has 1 aromatic carbocycles. The number of ether oxygens (including phenoxy) is 1. The molecule has 0 aliphatic carbocycles. The molecule has 0 saturated carbocycles. The summed E-state index contributed by atoms with van der Waals surface area (Å²) in [6.07, 6.45) is 2.34. The van der Waals surface area contributed by atoms with Gasteiger partial charge in [0.25, 0.3) is 0 Å². The Morgan fingerprint density at radius 1 is 1.42 bits per heavy atom. The molecule has 1 fully saturated rings. The molecule has 4 nitrogen and oxygen atoms in total. The third kappa shape index (κ3) is 5.62. The Morgan fingerprint density at radius 3 is 3.00 bits per heavy atom. The van der Waals surface area contributed by atoms with Gasteiger partial charge in [0, 0.05) is 31.1 Å². The molecule has 1 aromatic heterocycles. The SMILES string of the molecule is Cc1ccc(CNC(=O)CN(Cc2cccs2)CC2CCCO2)cc1F. The van der Waals surface area contributed by atoms with E-state index in [0.29, 0.717) is 18.7 Å². The fraction of sp³-hybridized carbons (Fsp3) is 0.450. The number of thiophene rings is 1. The zero-order valence-electron chi connectivity index (χ0n) is 15.0. The minimum Gasteiger partial charge on any atom is -0.377 e. The normalized spacial score (nSPS) is 17.0. The van der Waals surface area contributed by atoms with E-state index in [1.54, 1.807) is 24.3 Å². The van der Waals surface area contributed by atoms with Crippen molar-refractivity contribution in [2.45, 2.75) is 39.0 Å². The van der Waals surface area contributed by atoms with Gasteiger partial charge in [-0.2, -0.15) is 0 Å². The molecule has 1 aliphatic heterocycles. The van der Waals surface area contributed by atoms with Crippen molar-refractivity contribution in [2.24, 2.45) is 0 Å². The van der Waals surface area contributed by atoms with E-state index in [0.717, 1.165) is 38.1 Å². The third-order valence-electron chi connectivity index (χ3n) is 4.54. The highest BCUT2D eigenvalue weighted by molar-refractivity contribution is 7.09. The highest BCUT2D eigenvalue weighted by Crippen LogP contribution is 2.17. The first kappa shape index (κ1) is 19.0. The first-order valence-electron chi connectivity index (χ1n) is 8.98. The number of hydrogen-bond acceptors (Lipinski definition) is 4. The summed E-state index contributed by atoms with van der Waals surface area (Å²) in [5.74, 6) is -0.296. The van der Waals surface area contributed by atoms with Gasteiger partial charge in [0.15, 0.2) is 0 Å².